The number of amidine groups is 1. The third-order valence-electron chi connectivity index (χ3n) is 3.59. The predicted octanol–water partition coefficient (Wildman–Crippen LogP) is 1.51. The van der Waals surface area contributed by atoms with Crippen LogP contribution in [0.1, 0.15) is 21.5 Å². The molecule has 1 aliphatic heterocycles. The van der Waals surface area contributed by atoms with Gasteiger partial charge >= 0.3 is 5.97 Å². The van der Waals surface area contributed by atoms with Crippen molar-refractivity contribution >= 4 is 28.0 Å². The number of aromatic hydroxyl groups is 1. The number of hydrogen-bond donors (Lipinski definition) is 2. The van der Waals surface area contributed by atoms with Crippen LogP contribution in [0.15, 0.2) is 56.9 Å². The Morgan fingerprint density at radius 2 is 1.92 bits per heavy atom. The number of carbonyl (C=O) groups is 1. The molecule has 0 amide bonds. The standard InChI is InChI=1S/C16H13N3O5S/c1-19(15-11-6-2-3-8-13(11)25(23,24)18-15)17-9-10-5-4-7-12(14(10)20)16(21)22/h2-9,20H,1H3,(H,21,22). The second kappa shape index (κ2) is 6.02. The molecule has 0 unspecified atom stereocenters. The number of carboxylic acid groups (broad SMARTS) is 1. The van der Waals surface area contributed by atoms with E-state index >= 15 is 0 Å². The molecule has 3 rings (SSSR count). The highest BCUT2D eigenvalue weighted by atomic mass is 32.2. The van der Waals surface area contributed by atoms with Crippen molar-refractivity contribution in [2.45, 2.75) is 4.90 Å². The Bertz CT molecular complexity index is 1030. The van der Waals surface area contributed by atoms with Crippen LogP contribution in [0.3, 0.4) is 0 Å². The number of fused-ring (bicyclic) bond motifs is 1. The van der Waals surface area contributed by atoms with Gasteiger partial charge < -0.3 is 10.2 Å². The topological polar surface area (TPSA) is 120 Å². The summed E-state index contributed by atoms with van der Waals surface area (Å²) in [6.45, 7) is 0. The van der Waals surface area contributed by atoms with Gasteiger partial charge in [-0.05, 0) is 24.3 Å². The molecular formula is C16H13N3O5S. The molecule has 1 aliphatic rings. The average molecular weight is 359 g/mol. The van der Waals surface area contributed by atoms with E-state index in [4.69, 9.17) is 5.11 Å². The van der Waals surface area contributed by atoms with Crippen LogP contribution in [0.4, 0.5) is 0 Å². The molecule has 0 fully saturated rings. The van der Waals surface area contributed by atoms with Crippen molar-refractivity contribution in [2.24, 2.45) is 9.50 Å². The highest BCUT2D eigenvalue weighted by Gasteiger charge is 2.30. The largest absolute Gasteiger partial charge is 0.506 e. The molecule has 0 radical (unpaired) electrons. The molecule has 0 atom stereocenters. The van der Waals surface area contributed by atoms with Crippen molar-refractivity contribution in [1.29, 1.82) is 0 Å². The van der Waals surface area contributed by atoms with Gasteiger partial charge in [0.15, 0.2) is 5.84 Å². The zero-order valence-electron chi connectivity index (χ0n) is 13.0. The maximum Gasteiger partial charge on any atom is 0.339 e. The quantitative estimate of drug-likeness (QED) is 0.633. The molecule has 9 heteroatoms. The Hall–Kier alpha value is -3.20. The number of para-hydroxylation sites is 1. The molecule has 0 aliphatic carbocycles. The lowest BCUT2D eigenvalue weighted by Crippen LogP contribution is -2.21. The summed E-state index contributed by atoms with van der Waals surface area (Å²) >= 11 is 0. The maximum atomic E-state index is 12.0. The highest BCUT2D eigenvalue weighted by molar-refractivity contribution is 7.90. The Morgan fingerprint density at radius 1 is 1.20 bits per heavy atom. The van der Waals surface area contributed by atoms with Crippen molar-refractivity contribution in [2.75, 3.05) is 7.05 Å². The minimum absolute atomic E-state index is 0.0998. The summed E-state index contributed by atoms with van der Waals surface area (Å²) in [5.41, 5.74) is 0.352. The molecule has 0 saturated carbocycles. The predicted molar refractivity (Wildman–Crippen MR) is 90.6 cm³/mol. The molecular weight excluding hydrogens is 346 g/mol. The maximum absolute atomic E-state index is 12.0. The second-order valence-electron chi connectivity index (χ2n) is 5.20. The van der Waals surface area contributed by atoms with Gasteiger partial charge in [0.2, 0.25) is 0 Å². The molecule has 8 nitrogen and oxygen atoms in total. The molecule has 25 heavy (non-hydrogen) atoms. The van der Waals surface area contributed by atoms with Crippen LogP contribution >= 0.6 is 0 Å². The summed E-state index contributed by atoms with van der Waals surface area (Å²) in [6.07, 6.45) is 1.23. The van der Waals surface area contributed by atoms with Crippen LogP contribution in [0.25, 0.3) is 0 Å². The van der Waals surface area contributed by atoms with Crippen molar-refractivity contribution in [1.82, 2.24) is 5.01 Å². The number of benzene rings is 2. The van der Waals surface area contributed by atoms with Crippen molar-refractivity contribution in [3.63, 3.8) is 0 Å². The first-order valence-electron chi connectivity index (χ1n) is 7.08. The first kappa shape index (κ1) is 16.7. The van der Waals surface area contributed by atoms with Gasteiger partial charge in [-0.2, -0.15) is 13.5 Å². The van der Waals surface area contributed by atoms with E-state index in [-0.39, 0.29) is 21.9 Å². The molecule has 2 aromatic carbocycles. The fraction of sp³-hybridized carbons (Fsp3) is 0.0625. The average Bonchev–Trinajstić information content (AvgIpc) is 2.85. The summed E-state index contributed by atoms with van der Waals surface area (Å²) in [7, 11) is -2.26. The summed E-state index contributed by atoms with van der Waals surface area (Å²) in [4.78, 5) is 11.1. The SMILES string of the molecule is CN(N=Cc1cccc(C(=O)O)c1O)C1=NS(=O)(=O)c2ccccc21. The van der Waals surface area contributed by atoms with Crippen LogP contribution in [-0.2, 0) is 10.0 Å². The molecule has 2 aromatic rings. The molecule has 0 bridgehead atoms. The van der Waals surface area contributed by atoms with E-state index in [1.54, 1.807) is 18.2 Å². The number of hydrogen-bond acceptors (Lipinski definition) is 6. The van der Waals surface area contributed by atoms with E-state index in [0.29, 0.717) is 5.56 Å². The van der Waals surface area contributed by atoms with Crippen LogP contribution < -0.4 is 0 Å². The third-order valence-corrected chi connectivity index (χ3v) is 4.91. The van der Waals surface area contributed by atoms with Gasteiger partial charge in [0.1, 0.15) is 16.2 Å². The number of aromatic carboxylic acids is 1. The normalized spacial score (nSPS) is 15.0. The van der Waals surface area contributed by atoms with Crippen molar-refractivity contribution < 1.29 is 23.4 Å². The number of nitrogens with zero attached hydrogens (tertiary/aromatic N) is 3. The van der Waals surface area contributed by atoms with Gasteiger partial charge in [0.05, 0.1) is 6.21 Å². The Balaban J connectivity index is 1.94. The molecule has 0 saturated heterocycles. The number of rotatable bonds is 3. The van der Waals surface area contributed by atoms with Gasteiger partial charge in [-0.25, -0.2) is 9.80 Å². The van der Waals surface area contributed by atoms with E-state index < -0.39 is 21.7 Å². The molecule has 0 spiro atoms. The third kappa shape index (κ3) is 2.96. The summed E-state index contributed by atoms with van der Waals surface area (Å²) < 4.78 is 27.8. The lowest BCUT2D eigenvalue weighted by molar-refractivity contribution is 0.0693. The number of hydrazone groups is 1. The van der Waals surface area contributed by atoms with E-state index in [1.165, 1.54) is 42.5 Å². The molecule has 2 N–H and O–H groups in total. The lowest BCUT2D eigenvalue weighted by Gasteiger charge is -2.12. The number of carboxylic acids is 1. The van der Waals surface area contributed by atoms with Gasteiger partial charge in [-0.1, -0.05) is 18.2 Å². The smallest absolute Gasteiger partial charge is 0.339 e. The zero-order chi connectivity index (χ0) is 18.2. The van der Waals surface area contributed by atoms with Crippen molar-refractivity contribution in [3.8, 4) is 5.75 Å². The van der Waals surface area contributed by atoms with Crippen LogP contribution in [-0.4, -0.2) is 48.7 Å². The van der Waals surface area contributed by atoms with E-state index in [0.717, 1.165) is 0 Å². The molecule has 128 valence electrons. The fourth-order valence-electron chi connectivity index (χ4n) is 2.36. The first-order chi connectivity index (χ1) is 11.8. The Morgan fingerprint density at radius 3 is 2.64 bits per heavy atom. The summed E-state index contributed by atoms with van der Waals surface area (Å²) in [6, 6.07) is 10.6. The van der Waals surface area contributed by atoms with Crippen LogP contribution in [0.2, 0.25) is 0 Å². The van der Waals surface area contributed by atoms with Gasteiger partial charge in [-0.15, -0.1) is 4.40 Å². The molecule has 0 aromatic heterocycles. The monoisotopic (exact) mass is 359 g/mol. The highest BCUT2D eigenvalue weighted by Crippen LogP contribution is 2.27. The van der Waals surface area contributed by atoms with Crippen LogP contribution in [0.5, 0.6) is 5.75 Å². The number of phenols is 1. The van der Waals surface area contributed by atoms with Gasteiger partial charge in [0.25, 0.3) is 10.0 Å². The first-order valence-corrected chi connectivity index (χ1v) is 8.52. The van der Waals surface area contributed by atoms with Gasteiger partial charge in [-0.3, -0.25) is 0 Å². The Kier molecular flexibility index (Phi) is 4.01. The zero-order valence-corrected chi connectivity index (χ0v) is 13.8. The summed E-state index contributed by atoms with van der Waals surface area (Å²) in [5.74, 6) is -1.55. The fourth-order valence-corrected chi connectivity index (χ4v) is 3.59. The number of sulfonamides is 1. The second-order valence-corrected chi connectivity index (χ2v) is 6.78. The lowest BCUT2D eigenvalue weighted by atomic mass is 10.1. The van der Waals surface area contributed by atoms with Gasteiger partial charge in [0, 0.05) is 18.2 Å². The summed E-state index contributed by atoms with van der Waals surface area (Å²) in [5, 5.41) is 24.3. The van der Waals surface area contributed by atoms with Crippen LogP contribution in [0, 0.1) is 0 Å². The van der Waals surface area contributed by atoms with E-state index in [1.807, 2.05) is 0 Å². The minimum Gasteiger partial charge on any atom is -0.506 e. The van der Waals surface area contributed by atoms with Crippen molar-refractivity contribution in [3.05, 3.63) is 59.2 Å². The van der Waals surface area contributed by atoms with E-state index in [9.17, 15) is 18.3 Å². The molecule has 1 heterocycles. The Labute approximate surface area is 143 Å². The minimum atomic E-state index is -3.76. The van der Waals surface area contributed by atoms with E-state index in [2.05, 4.69) is 9.50 Å².